The minimum Gasteiger partial charge on any atom is -0.340 e. The van der Waals surface area contributed by atoms with E-state index in [1.807, 2.05) is 13.0 Å². The Morgan fingerprint density at radius 3 is 2.75 bits per heavy atom. The van der Waals surface area contributed by atoms with Crippen molar-refractivity contribution in [3.8, 4) is 0 Å². The molecule has 0 atom stereocenters. The van der Waals surface area contributed by atoms with Crippen molar-refractivity contribution in [2.24, 2.45) is 10.3 Å². The Morgan fingerprint density at radius 2 is 2.25 bits per heavy atom. The summed E-state index contributed by atoms with van der Waals surface area (Å²) in [5.74, 6) is 0.463. The first-order chi connectivity index (χ1) is 5.70. The van der Waals surface area contributed by atoms with Gasteiger partial charge >= 0.3 is 0 Å². The lowest BCUT2D eigenvalue weighted by atomic mass is 10.6. The van der Waals surface area contributed by atoms with Gasteiger partial charge < -0.3 is 10.3 Å². The highest BCUT2D eigenvalue weighted by Gasteiger charge is 1.86. The van der Waals surface area contributed by atoms with Crippen LogP contribution in [-0.4, -0.2) is 19.2 Å². The highest BCUT2D eigenvalue weighted by molar-refractivity contribution is 9.12. The van der Waals surface area contributed by atoms with Gasteiger partial charge in [0.2, 0.25) is 5.90 Å². The average Bonchev–Trinajstić information content (AvgIpc) is 2.04. The molecule has 0 spiro atoms. The van der Waals surface area contributed by atoms with E-state index in [2.05, 4.69) is 31.6 Å². The highest BCUT2D eigenvalue weighted by Crippen LogP contribution is 1.99. The number of oxime groups is 1. The van der Waals surface area contributed by atoms with E-state index in [0.717, 1.165) is 4.48 Å². The van der Waals surface area contributed by atoms with E-state index in [4.69, 9.17) is 4.84 Å². The molecule has 0 bridgehead atoms. The van der Waals surface area contributed by atoms with Gasteiger partial charge in [-0.1, -0.05) is 11.2 Å². The lowest BCUT2D eigenvalue weighted by Crippen LogP contribution is -2.02. The van der Waals surface area contributed by atoms with Gasteiger partial charge in [-0.05, 0) is 22.9 Å². The third kappa shape index (κ3) is 5.91. The van der Waals surface area contributed by atoms with E-state index < -0.39 is 0 Å². The van der Waals surface area contributed by atoms with Crippen LogP contribution in [-0.2, 0) is 4.84 Å². The Labute approximate surface area is 80.5 Å². The van der Waals surface area contributed by atoms with Crippen molar-refractivity contribution in [1.29, 1.82) is 0 Å². The number of nitrogens with one attached hydrogen (secondary N) is 1. The Bertz CT molecular complexity index is 211. The van der Waals surface area contributed by atoms with Crippen LogP contribution in [0.15, 0.2) is 20.8 Å². The van der Waals surface area contributed by atoms with Crippen molar-refractivity contribution in [2.75, 3.05) is 7.05 Å². The Morgan fingerprint density at radius 1 is 1.58 bits per heavy atom. The largest absolute Gasteiger partial charge is 0.340 e. The van der Waals surface area contributed by atoms with Crippen LogP contribution in [0.25, 0.3) is 0 Å². The molecule has 4 nitrogen and oxygen atoms in total. The third-order valence-corrected chi connectivity index (χ3v) is 1.57. The first-order valence-corrected chi connectivity index (χ1v) is 4.23. The Kier molecular flexibility index (Phi) is 6.37. The first kappa shape index (κ1) is 11.2. The normalized spacial score (nSPS) is 13.7. The molecular weight excluding hydrogens is 222 g/mol. The van der Waals surface area contributed by atoms with Gasteiger partial charge in [0.25, 0.3) is 0 Å². The lowest BCUT2D eigenvalue weighted by Gasteiger charge is -1.94. The van der Waals surface area contributed by atoms with Crippen LogP contribution in [0.1, 0.15) is 13.8 Å². The molecule has 0 heterocycles. The van der Waals surface area contributed by atoms with E-state index >= 15 is 0 Å². The maximum atomic E-state index is 4.84. The van der Waals surface area contributed by atoms with Crippen molar-refractivity contribution in [3.05, 3.63) is 10.6 Å². The smallest absolute Gasteiger partial charge is 0.238 e. The predicted molar refractivity (Wildman–Crippen MR) is 54.4 cm³/mol. The van der Waals surface area contributed by atoms with Gasteiger partial charge in [0.05, 0.1) is 6.21 Å². The molecule has 12 heavy (non-hydrogen) atoms. The van der Waals surface area contributed by atoms with Crippen LogP contribution in [0, 0.1) is 0 Å². The predicted octanol–water partition coefficient (Wildman–Crippen LogP) is 1.84. The maximum absolute atomic E-state index is 4.84. The molecule has 0 saturated heterocycles. The van der Waals surface area contributed by atoms with Crippen LogP contribution in [0.5, 0.6) is 0 Å². The van der Waals surface area contributed by atoms with E-state index in [0.29, 0.717) is 5.90 Å². The van der Waals surface area contributed by atoms with Gasteiger partial charge in [-0.3, -0.25) is 0 Å². The Balaban J connectivity index is 3.82. The zero-order chi connectivity index (χ0) is 9.40. The van der Waals surface area contributed by atoms with E-state index in [-0.39, 0.29) is 0 Å². The number of rotatable bonds is 3. The van der Waals surface area contributed by atoms with Crippen molar-refractivity contribution in [1.82, 2.24) is 5.43 Å². The second-order valence-electron chi connectivity index (χ2n) is 1.85. The molecule has 0 aliphatic carbocycles. The maximum Gasteiger partial charge on any atom is 0.238 e. The number of hydrogen-bond donors (Lipinski definition) is 1. The standard InChI is InChI=1S/C7H12BrN3O/c1-4-7(8)5-10-12-6(2)11-9-3/h4-5,9H,1-3H3/b7-4+,10-5-,11-6-. The zero-order valence-electron chi connectivity index (χ0n) is 7.34. The van der Waals surface area contributed by atoms with Crippen LogP contribution in [0.3, 0.4) is 0 Å². The molecule has 0 unspecified atom stereocenters. The molecule has 1 N–H and O–H groups in total. The molecule has 0 amide bonds. The Hall–Kier alpha value is -0.840. The molecule has 0 aliphatic heterocycles. The number of hydrazone groups is 1. The summed E-state index contributed by atoms with van der Waals surface area (Å²) in [6, 6.07) is 0. The second kappa shape index (κ2) is 6.84. The summed E-state index contributed by atoms with van der Waals surface area (Å²) in [6.45, 7) is 3.60. The summed E-state index contributed by atoms with van der Waals surface area (Å²) in [5, 5.41) is 7.39. The topological polar surface area (TPSA) is 46.0 Å². The van der Waals surface area contributed by atoms with Gasteiger partial charge in [-0.2, -0.15) is 0 Å². The van der Waals surface area contributed by atoms with Crippen LogP contribution >= 0.6 is 15.9 Å². The molecule has 68 valence electrons. The summed E-state index contributed by atoms with van der Waals surface area (Å²) < 4.78 is 0.861. The lowest BCUT2D eigenvalue weighted by molar-refractivity contribution is 0.324. The number of nitrogens with zero attached hydrogens (tertiary/aromatic N) is 2. The van der Waals surface area contributed by atoms with Gasteiger partial charge in [0.15, 0.2) is 0 Å². The monoisotopic (exact) mass is 233 g/mol. The van der Waals surface area contributed by atoms with Crippen LogP contribution in [0.4, 0.5) is 0 Å². The average molecular weight is 234 g/mol. The van der Waals surface area contributed by atoms with Gasteiger partial charge in [0, 0.05) is 18.5 Å². The molecule has 0 aromatic carbocycles. The van der Waals surface area contributed by atoms with Crippen molar-refractivity contribution in [3.63, 3.8) is 0 Å². The zero-order valence-corrected chi connectivity index (χ0v) is 8.92. The van der Waals surface area contributed by atoms with E-state index in [1.165, 1.54) is 0 Å². The fourth-order valence-corrected chi connectivity index (χ4v) is 0.489. The quantitative estimate of drug-likeness (QED) is 0.460. The van der Waals surface area contributed by atoms with E-state index in [1.54, 1.807) is 20.2 Å². The second-order valence-corrected chi connectivity index (χ2v) is 2.77. The van der Waals surface area contributed by atoms with Crippen molar-refractivity contribution in [2.45, 2.75) is 13.8 Å². The molecule has 0 saturated carbocycles. The van der Waals surface area contributed by atoms with Gasteiger partial charge in [0.1, 0.15) is 0 Å². The molecular formula is C7H12BrN3O. The fourth-order valence-electron chi connectivity index (χ4n) is 0.405. The summed E-state index contributed by atoms with van der Waals surface area (Å²) in [4.78, 5) is 4.84. The third-order valence-electron chi connectivity index (χ3n) is 0.906. The molecule has 0 aliphatic rings. The van der Waals surface area contributed by atoms with E-state index in [9.17, 15) is 0 Å². The number of allylic oxidation sites excluding steroid dienone is 2. The number of halogens is 1. The van der Waals surface area contributed by atoms with Crippen LogP contribution in [0.2, 0.25) is 0 Å². The van der Waals surface area contributed by atoms with Crippen molar-refractivity contribution < 1.29 is 4.84 Å². The minimum atomic E-state index is 0.463. The molecule has 0 aromatic heterocycles. The van der Waals surface area contributed by atoms with Crippen molar-refractivity contribution >= 4 is 28.0 Å². The first-order valence-electron chi connectivity index (χ1n) is 3.44. The van der Waals surface area contributed by atoms with Crippen LogP contribution < -0.4 is 5.43 Å². The fraction of sp³-hybridized carbons (Fsp3) is 0.429. The number of hydrogen-bond acceptors (Lipinski definition) is 4. The van der Waals surface area contributed by atoms with Gasteiger partial charge in [-0.25, -0.2) is 0 Å². The SMILES string of the molecule is C/C=C(Br)\C=N/O/C(C)=N\NC. The summed E-state index contributed by atoms with van der Waals surface area (Å²) >= 11 is 3.24. The molecule has 5 heteroatoms. The molecule has 0 rings (SSSR count). The minimum absolute atomic E-state index is 0.463. The summed E-state index contributed by atoms with van der Waals surface area (Å²) in [6.07, 6.45) is 3.41. The molecule has 0 aromatic rings. The molecule has 0 radical (unpaired) electrons. The highest BCUT2D eigenvalue weighted by atomic mass is 79.9. The molecule has 0 fully saturated rings. The van der Waals surface area contributed by atoms with Gasteiger partial charge in [-0.15, -0.1) is 5.10 Å². The summed E-state index contributed by atoms with van der Waals surface area (Å²) in [5.41, 5.74) is 2.58. The summed E-state index contributed by atoms with van der Waals surface area (Å²) in [7, 11) is 1.69.